The summed E-state index contributed by atoms with van der Waals surface area (Å²) in [6, 6.07) is 16.2. The molecular weight excluding hydrogens is 432 g/mol. The molecule has 4 rings (SSSR count). The number of halogens is 1. The number of anilines is 1. The molecule has 1 N–H and O–H groups in total. The van der Waals surface area contributed by atoms with E-state index in [1.54, 1.807) is 0 Å². The highest BCUT2D eigenvalue weighted by molar-refractivity contribution is 7.15. The van der Waals surface area contributed by atoms with Gasteiger partial charge in [0.1, 0.15) is 0 Å². The average Bonchev–Trinajstić information content (AvgIpc) is 3.30. The number of hydrogen-bond donors (Lipinski definition) is 1. The average molecular weight is 455 g/mol. The van der Waals surface area contributed by atoms with Crippen molar-refractivity contribution in [3.8, 4) is 0 Å². The molecule has 0 aliphatic carbocycles. The fourth-order valence-corrected chi connectivity index (χ4v) is 4.13. The molecule has 0 saturated carbocycles. The van der Waals surface area contributed by atoms with Crippen LogP contribution in [0.25, 0.3) is 11.1 Å². The van der Waals surface area contributed by atoms with Crippen LogP contribution in [0.2, 0.25) is 0 Å². The third-order valence-electron chi connectivity index (χ3n) is 4.96. The Balaban J connectivity index is 1.37. The third-order valence-corrected chi connectivity index (χ3v) is 6.32. The molecule has 1 saturated heterocycles. The zero-order chi connectivity index (χ0) is 21.6. The summed E-state index contributed by atoms with van der Waals surface area (Å²) in [5, 5.41) is 12.2. The first kappa shape index (κ1) is 21.5. The van der Waals surface area contributed by atoms with Crippen LogP contribution in [0.4, 0.5) is 5.69 Å². The van der Waals surface area contributed by atoms with Gasteiger partial charge < -0.3 is 15.0 Å². The van der Waals surface area contributed by atoms with E-state index in [-0.39, 0.29) is 10.9 Å². The first-order valence-corrected chi connectivity index (χ1v) is 11.3. The van der Waals surface area contributed by atoms with Crippen LogP contribution in [0.1, 0.15) is 31.5 Å². The molecule has 8 heteroatoms. The minimum absolute atomic E-state index is 0.261. The number of hydrogen-bond acceptors (Lipinski definition) is 6. The van der Waals surface area contributed by atoms with Crippen molar-refractivity contribution >= 4 is 45.6 Å². The molecule has 2 aromatic carbocycles. The van der Waals surface area contributed by atoms with Crippen molar-refractivity contribution in [2.24, 2.45) is 0 Å². The van der Waals surface area contributed by atoms with Gasteiger partial charge in [0.05, 0.1) is 18.2 Å². The number of aryl methyl sites for hydroxylation is 1. The Morgan fingerprint density at radius 2 is 1.77 bits per heavy atom. The number of rotatable bonds is 6. The fourth-order valence-electron chi connectivity index (χ4n) is 3.19. The number of morpholine rings is 1. The van der Waals surface area contributed by atoms with Crippen molar-refractivity contribution < 1.29 is 9.53 Å². The van der Waals surface area contributed by atoms with Crippen molar-refractivity contribution in [1.82, 2.24) is 15.5 Å². The van der Waals surface area contributed by atoms with E-state index >= 15 is 0 Å². The van der Waals surface area contributed by atoms with Gasteiger partial charge in [-0.15, -0.1) is 10.2 Å². The molecule has 6 nitrogen and oxygen atoms in total. The van der Waals surface area contributed by atoms with Crippen LogP contribution >= 0.6 is 22.9 Å². The van der Waals surface area contributed by atoms with Crippen LogP contribution in [-0.2, 0) is 11.3 Å². The maximum atomic E-state index is 12.4. The van der Waals surface area contributed by atoms with E-state index in [0.29, 0.717) is 16.6 Å². The van der Waals surface area contributed by atoms with Gasteiger partial charge in [-0.25, -0.2) is 0 Å². The zero-order valence-electron chi connectivity index (χ0n) is 17.2. The van der Waals surface area contributed by atoms with E-state index < -0.39 is 0 Å². The van der Waals surface area contributed by atoms with E-state index in [1.807, 2.05) is 49.4 Å². The van der Waals surface area contributed by atoms with Crippen LogP contribution in [0.15, 0.2) is 48.5 Å². The molecule has 2 heterocycles. The molecule has 0 bridgehead atoms. The van der Waals surface area contributed by atoms with Crippen molar-refractivity contribution in [3.05, 3.63) is 75.2 Å². The van der Waals surface area contributed by atoms with Crippen molar-refractivity contribution in [1.29, 1.82) is 0 Å². The Bertz CT molecular complexity index is 1060. The van der Waals surface area contributed by atoms with Gasteiger partial charge in [-0.1, -0.05) is 64.9 Å². The van der Waals surface area contributed by atoms with Crippen molar-refractivity contribution in [2.45, 2.75) is 13.5 Å². The van der Waals surface area contributed by atoms with Crippen LogP contribution in [0, 0.1) is 6.92 Å². The van der Waals surface area contributed by atoms with Gasteiger partial charge in [0.2, 0.25) is 5.01 Å². The summed E-state index contributed by atoms with van der Waals surface area (Å²) in [4.78, 5) is 14.7. The molecule has 1 aliphatic heterocycles. The molecule has 0 spiro atoms. The zero-order valence-corrected chi connectivity index (χ0v) is 18.7. The normalized spacial score (nSPS) is 14.5. The van der Waals surface area contributed by atoms with Gasteiger partial charge in [-0.2, -0.15) is 0 Å². The van der Waals surface area contributed by atoms with Crippen LogP contribution in [-0.4, -0.2) is 42.4 Å². The molecule has 1 aliphatic rings. The lowest BCUT2D eigenvalue weighted by Gasteiger charge is -2.28. The molecular formula is C23H23ClN4O2S. The molecule has 0 radical (unpaired) electrons. The van der Waals surface area contributed by atoms with Crippen LogP contribution in [0.3, 0.4) is 0 Å². The number of carbonyl (C=O) groups excluding carboxylic acids is 1. The van der Waals surface area contributed by atoms with E-state index in [2.05, 4.69) is 32.5 Å². The minimum atomic E-state index is -0.261. The van der Waals surface area contributed by atoms with Crippen LogP contribution in [0.5, 0.6) is 0 Å². The molecule has 3 aromatic rings. The van der Waals surface area contributed by atoms with E-state index in [4.69, 9.17) is 16.3 Å². The standard InChI is InChI=1S/C23H23ClN4O2S/c1-16-2-4-18(5-3-16)15-25-21(29)23-27-26-22(31-23)20(24)14-17-6-8-19(9-7-17)28-10-12-30-13-11-28/h2-9,14H,10-13,15H2,1H3,(H,25,29)/b20-14-. The summed E-state index contributed by atoms with van der Waals surface area (Å²) in [5.74, 6) is -0.261. The largest absolute Gasteiger partial charge is 0.378 e. The Labute approximate surface area is 190 Å². The lowest BCUT2D eigenvalue weighted by atomic mass is 10.1. The van der Waals surface area contributed by atoms with E-state index in [1.165, 1.54) is 22.6 Å². The highest BCUT2D eigenvalue weighted by Gasteiger charge is 2.15. The molecule has 31 heavy (non-hydrogen) atoms. The first-order valence-electron chi connectivity index (χ1n) is 10.1. The summed E-state index contributed by atoms with van der Waals surface area (Å²) >= 11 is 7.62. The number of carbonyl (C=O) groups is 1. The van der Waals surface area contributed by atoms with Gasteiger partial charge in [-0.3, -0.25) is 4.79 Å². The quantitative estimate of drug-likeness (QED) is 0.599. The van der Waals surface area contributed by atoms with E-state index in [0.717, 1.165) is 37.4 Å². The SMILES string of the molecule is Cc1ccc(CNC(=O)c2nnc(/C(Cl)=C/c3ccc(N4CCOCC4)cc3)s2)cc1. The monoisotopic (exact) mass is 454 g/mol. The topological polar surface area (TPSA) is 67.4 Å². The summed E-state index contributed by atoms with van der Waals surface area (Å²) in [7, 11) is 0. The number of amides is 1. The van der Waals surface area contributed by atoms with Crippen molar-refractivity contribution in [3.63, 3.8) is 0 Å². The number of benzene rings is 2. The molecule has 1 aromatic heterocycles. The van der Waals surface area contributed by atoms with Gasteiger partial charge in [-0.05, 0) is 36.3 Å². The van der Waals surface area contributed by atoms with Gasteiger partial charge in [0.15, 0.2) is 5.01 Å². The maximum absolute atomic E-state index is 12.4. The number of nitrogens with zero attached hydrogens (tertiary/aromatic N) is 3. The molecule has 0 unspecified atom stereocenters. The summed E-state index contributed by atoms with van der Waals surface area (Å²) < 4.78 is 5.40. The predicted octanol–water partition coefficient (Wildman–Crippen LogP) is 4.35. The summed E-state index contributed by atoms with van der Waals surface area (Å²) in [6.07, 6.45) is 1.83. The predicted molar refractivity (Wildman–Crippen MR) is 125 cm³/mol. The molecule has 160 valence electrons. The van der Waals surface area contributed by atoms with Crippen LogP contribution < -0.4 is 10.2 Å². The first-order chi connectivity index (χ1) is 15.1. The summed E-state index contributed by atoms with van der Waals surface area (Å²) in [6.45, 7) is 5.77. The van der Waals surface area contributed by atoms with E-state index in [9.17, 15) is 4.79 Å². The smallest absolute Gasteiger partial charge is 0.282 e. The fraction of sp³-hybridized carbons (Fsp3) is 0.261. The third kappa shape index (κ3) is 5.70. The Kier molecular flexibility index (Phi) is 6.96. The lowest BCUT2D eigenvalue weighted by molar-refractivity contribution is 0.0950. The lowest BCUT2D eigenvalue weighted by Crippen LogP contribution is -2.36. The second-order valence-corrected chi connectivity index (χ2v) is 8.65. The molecule has 1 fully saturated rings. The molecule has 1 amide bonds. The van der Waals surface area contributed by atoms with Gasteiger partial charge in [0, 0.05) is 25.3 Å². The number of aromatic nitrogens is 2. The number of ether oxygens (including phenoxy) is 1. The van der Waals surface area contributed by atoms with Crippen molar-refractivity contribution in [2.75, 3.05) is 31.2 Å². The highest BCUT2D eigenvalue weighted by Crippen LogP contribution is 2.26. The van der Waals surface area contributed by atoms with Gasteiger partial charge >= 0.3 is 0 Å². The highest BCUT2D eigenvalue weighted by atomic mass is 35.5. The number of nitrogens with one attached hydrogen (secondary N) is 1. The minimum Gasteiger partial charge on any atom is -0.378 e. The second-order valence-electron chi connectivity index (χ2n) is 7.26. The Morgan fingerprint density at radius 1 is 1.10 bits per heavy atom. The molecule has 0 atom stereocenters. The Morgan fingerprint density at radius 3 is 2.48 bits per heavy atom. The summed E-state index contributed by atoms with van der Waals surface area (Å²) in [5.41, 5.74) is 4.34. The second kappa shape index (κ2) is 10.0. The van der Waals surface area contributed by atoms with Gasteiger partial charge in [0.25, 0.3) is 5.91 Å². The maximum Gasteiger partial charge on any atom is 0.282 e. The Hall–Kier alpha value is -2.74.